The van der Waals surface area contributed by atoms with Gasteiger partial charge in [-0.2, -0.15) is 0 Å². The highest BCUT2D eigenvalue weighted by molar-refractivity contribution is 7.26. The molecule has 0 N–H and O–H groups in total. The topological polar surface area (TPSA) is 3.24 Å². The first-order valence-electron chi connectivity index (χ1n) is 18.4. The number of thiophene rings is 1. The maximum absolute atomic E-state index is 2.35. The van der Waals surface area contributed by atoms with Gasteiger partial charge in [0.05, 0.1) is 0 Å². The van der Waals surface area contributed by atoms with E-state index in [1.165, 1.54) is 75.5 Å². The second-order valence-electron chi connectivity index (χ2n) is 13.7. The monoisotopic (exact) mass is 705 g/mol. The van der Waals surface area contributed by atoms with Crippen LogP contribution in [-0.2, 0) is 0 Å². The van der Waals surface area contributed by atoms with E-state index in [9.17, 15) is 0 Å². The summed E-state index contributed by atoms with van der Waals surface area (Å²) in [4.78, 5) is 2.34. The van der Waals surface area contributed by atoms with Crippen LogP contribution in [0.15, 0.2) is 212 Å². The Morgan fingerprint density at radius 2 is 0.815 bits per heavy atom. The number of hydrogen-bond donors (Lipinski definition) is 0. The first-order chi connectivity index (χ1) is 26.8. The van der Waals surface area contributed by atoms with Gasteiger partial charge in [-0.25, -0.2) is 0 Å². The SMILES string of the molecule is c1ccc(-c2ccc(-c3ccc(N(c4ccccc4)c4ccc(-c5ccc6c(sc7ccccc76)c5-c5ccc6ccccc6c5)cc4)cc3)cc2)cc1. The first kappa shape index (κ1) is 32.0. The average Bonchev–Trinajstić information content (AvgIpc) is 3.63. The molecule has 9 aromatic carbocycles. The molecule has 254 valence electrons. The summed E-state index contributed by atoms with van der Waals surface area (Å²) >= 11 is 1.89. The molecule has 0 aliphatic carbocycles. The summed E-state index contributed by atoms with van der Waals surface area (Å²) in [6, 6.07) is 77.0. The molecule has 0 spiro atoms. The fourth-order valence-corrected chi connectivity index (χ4v) is 9.04. The minimum atomic E-state index is 1.11. The van der Waals surface area contributed by atoms with Gasteiger partial charge in [0.15, 0.2) is 0 Å². The molecule has 0 saturated carbocycles. The molecule has 1 heterocycles. The highest BCUT2D eigenvalue weighted by Gasteiger charge is 2.18. The molecule has 0 amide bonds. The number of fused-ring (bicyclic) bond motifs is 4. The molecule has 0 saturated heterocycles. The second-order valence-corrected chi connectivity index (χ2v) is 14.8. The van der Waals surface area contributed by atoms with Crippen molar-refractivity contribution in [3.8, 4) is 44.5 Å². The summed E-state index contributed by atoms with van der Waals surface area (Å²) in [6.45, 7) is 0. The Morgan fingerprint density at radius 3 is 1.50 bits per heavy atom. The summed E-state index contributed by atoms with van der Waals surface area (Å²) in [6.07, 6.45) is 0. The van der Waals surface area contributed by atoms with Crippen molar-refractivity contribution in [2.75, 3.05) is 4.90 Å². The van der Waals surface area contributed by atoms with Gasteiger partial charge in [0.25, 0.3) is 0 Å². The summed E-state index contributed by atoms with van der Waals surface area (Å²) in [7, 11) is 0. The van der Waals surface area contributed by atoms with E-state index in [-0.39, 0.29) is 0 Å². The molecule has 1 aromatic heterocycles. The van der Waals surface area contributed by atoms with Gasteiger partial charge in [0.2, 0.25) is 0 Å². The third kappa shape index (κ3) is 5.84. The van der Waals surface area contributed by atoms with Gasteiger partial charge < -0.3 is 4.90 Å². The Kier molecular flexibility index (Phi) is 8.09. The average molecular weight is 706 g/mol. The summed E-state index contributed by atoms with van der Waals surface area (Å²) in [5, 5.41) is 5.13. The van der Waals surface area contributed by atoms with E-state index in [1.807, 2.05) is 11.3 Å². The minimum Gasteiger partial charge on any atom is -0.311 e. The van der Waals surface area contributed by atoms with E-state index in [0.717, 1.165) is 17.1 Å². The van der Waals surface area contributed by atoms with Gasteiger partial charge in [0.1, 0.15) is 0 Å². The molecule has 0 atom stereocenters. The zero-order chi connectivity index (χ0) is 35.8. The quantitative estimate of drug-likeness (QED) is 0.160. The molecule has 10 rings (SSSR count). The van der Waals surface area contributed by atoms with Crippen molar-refractivity contribution in [3.63, 3.8) is 0 Å². The number of anilines is 3. The van der Waals surface area contributed by atoms with Crippen molar-refractivity contribution >= 4 is 59.3 Å². The third-order valence-electron chi connectivity index (χ3n) is 10.5. The molecule has 0 aliphatic rings. The Bertz CT molecular complexity index is 2890. The summed E-state index contributed by atoms with van der Waals surface area (Å²) in [5.74, 6) is 0. The fourth-order valence-electron chi connectivity index (χ4n) is 7.76. The lowest BCUT2D eigenvalue weighted by Crippen LogP contribution is -2.09. The van der Waals surface area contributed by atoms with Gasteiger partial charge in [0, 0.05) is 42.8 Å². The van der Waals surface area contributed by atoms with Crippen LogP contribution in [0.3, 0.4) is 0 Å². The fraction of sp³-hybridized carbons (Fsp3) is 0. The highest BCUT2D eigenvalue weighted by atomic mass is 32.1. The predicted octanol–water partition coefficient (Wildman–Crippen LogP) is 15.3. The van der Waals surface area contributed by atoms with Crippen molar-refractivity contribution in [2.24, 2.45) is 0 Å². The molecule has 10 aromatic rings. The molecule has 0 bridgehead atoms. The lowest BCUT2D eigenvalue weighted by Gasteiger charge is -2.26. The van der Waals surface area contributed by atoms with Gasteiger partial charge in [-0.1, -0.05) is 164 Å². The zero-order valence-electron chi connectivity index (χ0n) is 29.6. The second kappa shape index (κ2) is 13.7. The van der Waals surface area contributed by atoms with Gasteiger partial charge in [-0.05, 0) is 98.2 Å². The van der Waals surface area contributed by atoms with Crippen LogP contribution in [-0.4, -0.2) is 0 Å². The lowest BCUT2D eigenvalue weighted by atomic mass is 9.91. The van der Waals surface area contributed by atoms with Crippen molar-refractivity contribution in [1.29, 1.82) is 0 Å². The van der Waals surface area contributed by atoms with Crippen molar-refractivity contribution < 1.29 is 0 Å². The van der Waals surface area contributed by atoms with Crippen LogP contribution in [0.5, 0.6) is 0 Å². The molecule has 0 unspecified atom stereocenters. The predicted molar refractivity (Wildman–Crippen MR) is 233 cm³/mol. The van der Waals surface area contributed by atoms with E-state index in [1.54, 1.807) is 0 Å². The molecule has 1 nitrogen and oxygen atoms in total. The maximum atomic E-state index is 2.35. The van der Waals surface area contributed by atoms with Crippen LogP contribution >= 0.6 is 11.3 Å². The molecule has 2 heteroatoms. The van der Waals surface area contributed by atoms with E-state index in [2.05, 4.69) is 217 Å². The summed E-state index contributed by atoms with van der Waals surface area (Å²) < 4.78 is 2.64. The van der Waals surface area contributed by atoms with Crippen LogP contribution in [0.2, 0.25) is 0 Å². The maximum Gasteiger partial charge on any atom is 0.0462 e. The number of hydrogen-bond acceptors (Lipinski definition) is 2. The number of para-hydroxylation sites is 1. The Labute approximate surface area is 319 Å². The summed E-state index contributed by atoms with van der Waals surface area (Å²) in [5.41, 5.74) is 13.2. The third-order valence-corrected chi connectivity index (χ3v) is 11.7. The minimum absolute atomic E-state index is 1.11. The van der Waals surface area contributed by atoms with Gasteiger partial charge in [-0.15, -0.1) is 11.3 Å². The molecule has 0 radical (unpaired) electrons. The van der Waals surface area contributed by atoms with Crippen molar-refractivity contribution in [3.05, 3.63) is 212 Å². The molecule has 54 heavy (non-hydrogen) atoms. The normalized spacial score (nSPS) is 11.3. The van der Waals surface area contributed by atoms with Crippen LogP contribution in [0.1, 0.15) is 0 Å². The van der Waals surface area contributed by atoms with Gasteiger partial charge >= 0.3 is 0 Å². The smallest absolute Gasteiger partial charge is 0.0462 e. The molecule has 0 fully saturated rings. The van der Waals surface area contributed by atoms with Crippen LogP contribution in [0.25, 0.3) is 75.5 Å². The van der Waals surface area contributed by atoms with Gasteiger partial charge in [-0.3, -0.25) is 0 Å². The van der Waals surface area contributed by atoms with E-state index >= 15 is 0 Å². The standard InChI is InChI=1S/C52H35NS/c1-3-11-36(12-4-1)38-19-21-39(22-20-38)40-25-29-45(30-26-40)53(44-15-5-2-6-16-44)46-31-27-41(28-32-46)47-33-34-49-48-17-9-10-18-50(48)54-52(49)51(47)43-24-23-37-13-7-8-14-42(37)35-43/h1-35H. The van der Waals surface area contributed by atoms with Crippen LogP contribution in [0, 0.1) is 0 Å². The molecule has 0 aliphatic heterocycles. The van der Waals surface area contributed by atoms with E-state index < -0.39 is 0 Å². The first-order valence-corrected chi connectivity index (χ1v) is 19.2. The van der Waals surface area contributed by atoms with Crippen LogP contribution < -0.4 is 4.90 Å². The van der Waals surface area contributed by atoms with E-state index in [4.69, 9.17) is 0 Å². The Hall–Kier alpha value is -6.74. The molecular formula is C52H35NS. The van der Waals surface area contributed by atoms with Crippen molar-refractivity contribution in [1.82, 2.24) is 0 Å². The highest BCUT2D eigenvalue weighted by Crippen LogP contribution is 2.46. The number of nitrogens with zero attached hydrogens (tertiary/aromatic N) is 1. The van der Waals surface area contributed by atoms with Crippen LogP contribution in [0.4, 0.5) is 17.1 Å². The lowest BCUT2D eigenvalue weighted by molar-refractivity contribution is 1.28. The number of rotatable bonds is 7. The number of benzene rings is 9. The van der Waals surface area contributed by atoms with E-state index in [0.29, 0.717) is 0 Å². The molecular weight excluding hydrogens is 671 g/mol. The van der Waals surface area contributed by atoms with Crippen molar-refractivity contribution in [2.45, 2.75) is 0 Å². The largest absolute Gasteiger partial charge is 0.311 e. The Morgan fingerprint density at radius 1 is 0.315 bits per heavy atom. The zero-order valence-corrected chi connectivity index (χ0v) is 30.4. The Balaban J connectivity index is 1.04.